The number of halogens is 1. The van der Waals surface area contributed by atoms with Gasteiger partial charge >= 0.3 is 0 Å². The average molecular weight is 298 g/mol. The lowest BCUT2D eigenvalue weighted by Crippen LogP contribution is -2.03. The number of non-ortho nitro benzene ring substituents is 1. The Morgan fingerprint density at radius 2 is 1.68 bits per heavy atom. The summed E-state index contributed by atoms with van der Waals surface area (Å²) in [6, 6.07) is 11.0. The van der Waals surface area contributed by atoms with Crippen LogP contribution in [0.1, 0.15) is 0 Å². The number of hydrogen-bond acceptors (Lipinski definition) is 4. The van der Waals surface area contributed by atoms with Gasteiger partial charge in [-0.25, -0.2) is 8.42 Å². The molecule has 0 aliphatic heterocycles. The smallest absolute Gasteiger partial charge is 0.258 e. The van der Waals surface area contributed by atoms with Crippen LogP contribution in [0.3, 0.4) is 0 Å². The molecule has 0 spiro atoms. The van der Waals surface area contributed by atoms with E-state index in [0.717, 1.165) is 18.2 Å². The monoisotopic (exact) mass is 297 g/mol. The third-order valence-electron chi connectivity index (χ3n) is 2.47. The normalized spacial score (nSPS) is 11.2. The molecule has 0 aromatic heterocycles. The van der Waals surface area contributed by atoms with Gasteiger partial charge in [0, 0.05) is 12.1 Å². The number of nitro benzene ring substituents is 1. The van der Waals surface area contributed by atoms with Crippen molar-refractivity contribution in [1.29, 1.82) is 0 Å². The SMILES string of the molecule is O=[N+]([O-])c1ccc(S(=O)(=O)c2ccccc2)c(Cl)c1. The molecule has 2 aromatic carbocycles. The predicted molar refractivity (Wildman–Crippen MR) is 70.0 cm³/mol. The Morgan fingerprint density at radius 3 is 2.21 bits per heavy atom. The van der Waals surface area contributed by atoms with Crippen molar-refractivity contribution in [3.63, 3.8) is 0 Å². The zero-order valence-corrected chi connectivity index (χ0v) is 11.1. The van der Waals surface area contributed by atoms with Crippen molar-refractivity contribution in [2.45, 2.75) is 9.79 Å². The van der Waals surface area contributed by atoms with Gasteiger partial charge in [-0.15, -0.1) is 0 Å². The number of hydrogen-bond donors (Lipinski definition) is 0. The first kappa shape index (κ1) is 13.5. The summed E-state index contributed by atoms with van der Waals surface area (Å²) in [5.74, 6) is 0. The van der Waals surface area contributed by atoms with Crippen LogP contribution in [0.4, 0.5) is 5.69 Å². The second kappa shape index (κ2) is 4.99. The Hall–Kier alpha value is -1.92. The Morgan fingerprint density at radius 1 is 1.05 bits per heavy atom. The molecular formula is C12H8ClNO4S. The van der Waals surface area contributed by atoms with Crippen molar-refractivity contribution < 1.29 is 13.3 Å². The molecule has 0 saturated heterocycles. The van der Waals surface area contributed by atoms with Crippen molar-refractivity contribution >= 4 is 27.1 Å². The highest BCUT2D eigenvalue weighted by Gasteiger charge is 2.22. The van der Waals surface area contributed by atoms with E-state index < -0.39 is 14.8 Å². The second-order valence-corrected chi connectivity index (χ2v) is 6.01. The van der Waals surface area contributed by atoms with Crippen LogP contribution in [0.25, 0.3) is 0 Å². The fourth-order valence-corrected chi connectivity index (χ4v) is 3.36. The van der Waals surface area contributed by atoms with Gasteiger partial charge in [0.2, 0.25) is 9.84 Å². The Labute approximate surface area is 114 Å². The highest BCUT2D eigenvalue weighted by atomic mass is 35.5. The number of benzene rings is 2. The van der Waals surface area contributed by atoms with Crippen LogP contribution >= 0.6 is 11.6 Å². The predicted octanol–water partition coefficient (Wildman–Crippen LogP) is 3.08. The Kier molecular flexibility index (Phi) is 3.55. The summed E-state index contributed by atoms with van der Waals surface area (Å²) in [6.07, 6.45) is 0. The van der Waals surface area contributed by atoms with Crippen molar-refractivity contribution in [1.82, 2.24) is 0 Å². The van der Waals surface area contributed by atoms with Gasteiger partial charge < -0.3 is 0 Å². The third-order valence-corrected chi connectivity index (χ3v) is 4.72. The van der Waals surface area contributed by atoms with Crippen molar-refractivity contribution in [3.8, 4) is 0 Å². The highest BCUT2D eigenvalue weighted by Crippen LogP contribution is 2.30. The summed E-state index contributed by atoms with van der Waals surface area (Å²) in [4.78, 5) is 9.89. The van der Waals surface area contributed by atoms with Crippen molar-refractivity contribution in [3.05, 3.63) is 63.7 Å². The molecule has 0 saturated carbocycles. The molecule has 5 nitrogen and oxygen atoms in total. The highest BCUT2D eigenvalue weighted by molar-refractivity contribution is 7.91. The molecule has 0 aliphatic rings. The van der Waals surface area contributed by atoms with Gasteiger partial charge in [0.15, 0.2) is 0 Å². The maximum Gasteiger partial charge on any atom is 0.271 e. The summed E-state index contributed by atoms with van der Waals surface area (Å²) in [6.45, 7) is 0. The van der Waals surface area contributed by atoms with E-state index in [1.165, 1.54) is 12.1 Å². The van der Waals surface area contributed by atoms with E-state index in [2.05, 4.69) is 0 Å². The fraction of sp³-hybridized carbons (Fsp3) is 0. The van der Waals surface area contributed by atoms with E-state index in [1.54, 1.807) is 18.2 Å². The summed E-state index contributed by atoms with van der Waals surface area (Å²) in [5, 5.41) is 10.4. The van der Waals surface area contributed by atoms with Crippen molar-refractivity contribution in [2.75, 3.05) is 0 Å². The molecule has 2 rings (SSSR count). The molecule has 0 fully saturated rings. The van der Waals surface area contributed by atoms with E-state index in [9.17, 15) is 18.5 Å². The molecular weight excluding hydrogens is 290 g/mol. The molecule has 0 aliphatic carbocycles. The zero-order valence-electron chi connectivity index (χ0n) is 9.49. The quantitative estimate of drug-likeness (QED) is 0.644. The average Bonchev–Trinajstić information content (AvgIpc) is 2.39. The lowest BCUT2D eigenvalue weighted by Gasteiger charge is -2.06. The third kappa shape index (κ3) is 2.59. The minimum Gasteiger partial charge on any atom is -0.258 e. The first-order chi connectivity index (χ1) is 8.93. The minimum atomic E-state index is -3.77. The zero-order chi connectivity index (χ0) is 14.0. The van der Waals surface area contributed by atoms with Gasteiger partial charge in [-0.2, -0.15) is 0 Å². The van der Waals surface area contributed by atoms with Crippen LogP contribution < -0.4 is 0 Å². The van der Waals surface area contributed by atoms with Crippen LogP contribution in [0.5, 0.6) is 0 Å². The lowest BCUT2D eigenvalue weighted by atomic mass is 10.3. The van der Waals surface area contributed by atoms with E-state index in [4.69, 9.17) is 11.6 Å². The number of nitro groups is 1. The molecule has 7 heteroatoms. The van der Waals surface area contributed by atoms with Gasteiger partial charge in [0.25, 0.3) is 5.69 Å². The summed E-state index contributed by atoms with van der Waals surface area (Å²) in [7, 11) is -3.77. The van der Waals surface area contributed by atoms with Gasteiger partial charge in [-0.05, 0) is 18.2 Å². The van der Waals surface area contributed by atoms with Gasteiger partial charge in [-0.3, -0.25) is 10.1 Å². The lowest BCUT2D eigenvalue weighted by molar-refractivity contribution is -0.384. The van der Waals surface area contributed by atoms with Crippen molar-refractivity contribution in [2.24, 2.45) is 0 Å². The number of rotatable bonds is 3. The molecule has 0 unspecified atom stereocenters. The molecule has 0 amide bonds. The maximum atomic E-state index is 12.3. The molecule has 98 valence electrons. The standard InChI is InChI=1S/C12H8ClNO4S/c13-11-8-9(14(15)16)6-7-12(11)19(17,18)10-4-2-1-3-5-10/h1-8H. The molecule has 0 radical (unpaired) electrons. The molecule has 0 heterocycles. The van der Waals surface area contributed by atoms with E-state index in [0.29, 0.717) is 0 Å². The number of sulfone groups is 1. The molecule has 0 N–H and O–H groups in total. The van der Waals surface area contributed by atoms with Crippen LogP contribution in [0.15, 0.2) is 58.3 Å². The maximum absolute atomic E-state index is 12.3. The molecule has 0 atom stereocenters. The van der Waals surface area contributed by atoms with Crippen LogP contribution in [-0.4, -0.2) is 13.3 Å². The minimum absolute atomic E-state index is 0.0887. The first-order valence-corrected chi connectivity index (χ1v) is 7.03. The van der Waals surface area contributed by atoms with Gasteiger partial charge in [-0.1, -0.05) is 29.8 Å². The molecule has 2 aromatic rings. The first-order valence-electron chi connectivity index (χ1n) is 5.17. The Bertz CT molecular complexity index is 729. The second-order valence-electron chi connectivity index (χ2n) is 3.69. The number of nitrogens with zero attached hydrogens (tertiary/aromatic N) is 1. The van der Waals surface area contributed by atoms with Crippen LogP contribution in [0, 0.1) is 10.1 Å². The summed E-state index contributed by atoms with van der Waals surface area (Å²) >= 11 is 5.82. The Balaban J connectivity index is 2.57. The van der Waals surface area contributed by atoms with Gasteiger partial charge in [0.05, 0.1) is 19.7 Å². The molecule has 0 bridgehead atoms. The van der Waals surface area contributed by atoms with Crippen LogP contribution in [0.2, 0.25) is 5.02 Å². The van der Waals surface area contributed by atoms with E-state index >= 15 is 0 Å². The largest absolute Gasteiger partial charge is 0.271 e. The van der Waals surface area contributed by atoms with E-state index in [1.807, 2.05) is 0 Å². The molecule has 19 heavy (non-hydrogen) atoms. The van der Waals surface area contributed by atoms with E-state index in [-0.39, 0.29) is 20.5 Å². The summed E-state index contributed by atoms with van der Waals surface area (Å²) in [5.41, 5.74) is -0.253. The van der Waals surface area contributed by atoms with Gasteiger partial charge in [0.1, 0.15) is 0 Å². The fourth-order valence-electron chi connectivity index (χ4n) is 1.55. The topological polar surface area (TPSA) is 77.3 Å². The van der Waals surface area contributed by atoms with Crippen LogP contribution in [-0.2, 0) is 9.84 Å². The summed E-state index contributed by atoms with van der Waals surface area (Å²) < 4.78 is 24.6.